The number of hydrogen-bond acceptors (Lipinski definition) is 5. The van der Waals surface area contributed by atoms with Crippen molar-refractivity contribution < 1.29 is 28.2 Å². The maximum absolute atomic E-state index is 13.6. The lowest BCUT2D eigenvalue weighted by molar-refractivity contribution is -0.143. The van der Waals surface area contributed by atoms with E-state index < -0.39 is 5.82 Å². The first-order valence-electron chi connectivity index (χ1n) is 9.61. The van der Waals surface area contributed by atoms with E-state index in [0.29, 0.717) is 45.0 Å². The Morgan fingerprint density at radius 3 is 2.75 bits per heavy atom. The SMILES string of the molecule is COCC(=O)N1CCOC(CN(CC2CCCO2)C(=O)c2cccc(F)c2)C1. The summed E-state index contributed by atoms with van der Waals surface area (Å²) in [5.41, 5.74) is 0.293. The Hall–Kier alpha value is -2.03. The quantitative estimate of drug-likeness (QED) is 0.698. The first kappa shape index (κ1) is 20.7. The van der Waals surface area contributed by atoms with Crippen molar-refractivity contribution >= 4 is 11.8 Å². The van der Waals surface area contributed by atoms with Crippen LogP contribution in [0.25, 0.3) is 0 Å². The third-order valence-electron chi connectivity index (χ3n) is 4.99. The minimum Gasteiger partial charge on any atom is -0.376 e. The van der Waals surface area contributed by atoms with Crippen LogP contribution in [0.15, 0.2) is 24.3 Å². The zero-order chi connectivity index (χ0) is 19.9. The van der Waals surface area contributed by atoms with Crippen LogP contribution in [-0.4, -0.2) is 86.9 Å². The van der Waals surface area contributed by atoms with Gasteiger partial charge >= 0.3 is 0 Å². The monoisotopic (exact) mass is 394 g/mol. The van der Waals surface area contributed by atoms with Crippen molar-refractivity contribution in [3.05, 3.63) is 35.6 Å². The highest BCUT2D eigenvalue weighted by molar-refractivity contribution is 5.94. The van der Waals surface area contributed by atoms with Crippen molar-refractivity contribution in [1.29, 1.82) is 0 Å². The van der Waals surface area contributed by atoms with Gasteiger partial charge in [0.1, 0.15) is 12.4 Å². The third-order valence-corrected chi connectivity index (χ3v) is 4.99. The van der Waals surface area contributed by atoms with Crippen molar-refractivity contribution in [3.8, 4) is 0 Å². The summed E-state index contributed by atoms with van der Waals surface area (Å²) in [5, 5.41) is 0. The van der Waals surface area contributed by atoms with E-state index in [4.69, 9.17) is 14.2 Å². The first-order valence-corrected chi connectivity index (χ1v) is 9.61. The number of nitrogens with zero attached hydrogens (tertiary/aromatic N) is 2. The number of morpholine rings is 1. The minimum absolute atomic E-state index is 0.0224. The molecule has 0 N–H and O–H groups in total. The summed E-state index contributed by atoms with van der Waals surface area (Å²) in [4.78, 5) is 28.5. The molecule has 2 heterocycles. The lowest BCUT2D eigenvalue weighted by atomic mass is 10.1. The Labute approximate surface area is 164 Å². The van der Waals surface area contributed by atoms with Gasteiger partial charge < -0.3 is 24.0 Å². The van der Waals surface area contributed by atoms with Gasteiger partial charge in [-0.25, -0.2) is 4.39 Å². The molecular formula is C20H27FN2O5. The number of amides is 2. The van der Waals surface area contributed by atoms with Crippen molar-refractivity contribution in [1.82, 2.24) is 9.80 Å². The summed E-state index contributed by atoms with van der Waals surface area (Å²) in [6, 6.07) is 5.67. The third kappa shape index (κ3) is 5.50. The number of carbonyl (C=O) groups excluding carboxylic acids is 2. The van der Waals surface area contributed by atoms with Crippen LogP contribution >= 0.6 is 0 Å². The van der Waals surface area contributed by atoms with E-state index in [2.05, 4.69) is 0 Å². The van der Waals surface area contributed by atoms with Gasteiger partial charge in [-0.3, -0.25) is 9.59 Å². The molecule has 0 saturated carbocycles. The highest BCUT2D eigenvalue weighted by Gasteiger charge is 2.30. The topological polar surface area (TPSA) is 68.3 Å². The molecular weight excluding hydrogens is 367 g/mol. The van der Waals surface area contributed by atoms with E-state index in [-0.39, 0.29) is 30.6 Å². The highest BCUT2D eigenvalue weighted by Crippen LogP contribution is 2.17. The Morgan fingerprint density at radius 1 is 1.25 bits per heavy atom. The van der Waals surface area contributed by atoms with Crippen LogP contribution in [0.3, 0.4) is 0 Å². The van der Waals surface area contributed by atoms with Crippen molar-refractivity contribution in [2.45, 2.75) is 25.0 Å². The molecule has 8 heteroatoms. The molecule has 28 heavy (non-hydrogen) atoms. The second-order valence-corrected chi connectivity index (χ2v) is 7.12. The molecule has 0 radical (unpaired) electrons. The lowest BCUT2D eigenvalue weighted by Gasteiger charge is -2.36. The van der Waals surface area contributed by atoms with Gasteiger partial charge in [0.05, 0.1) is 18.8 Å². The van der Waals surface area contributed by atoms with Crippen LogP contribution in [0.5, 0.6) is 0 Å². The summed E-state index contributed by atoms with van der Waals surface area (Å²) in [6.07, 6.45) is 1.50. The average Bonchev–Trinajstić information content (AvgIpc) is 3.20. The Balaban J connectivity index is 1.69. The predicted molar refractivity (Wildman–Crippen MR) is 99.5 cm³/mol. The molecule has 0 aliphatic carbocycles. The number of methoxy groups -OCH3 is 1. The van der Waals surface area contributed by atoms with E-state index in [1.54, 1.807) is 15.9 Å². The van der Waals surface area contributed by atoms with Crippen molar-refractivity contribution in [2.75, 3.05) is 53.1 Å². The number of halogens is 1. The molecule has 0 aromatic heterocycles. The zero-order valence-electron chi connectivity index (χ0n) is 16.1. The van der Waals surface area contributed by atoms with E-state index in [1.807, 2.05) is 0 Å². The molecule has 3 rings (SSSR count). The molecule has 2 amide bonds. The fourth-order valence-corrected chi connectivity index (χ4v) is 3.60. The minimum atomic E-state index is -0.451. The number of ether oxygens (including phenoxy) is 3. The zero-order valence-corrected chi connectivity index (χ0v) is 16.1. The molecule has 2 aliphatic heterocycles. The molecule has 0 spiro atoms. The normalized spacial score (nSPS) is 22.3. The van der Waals surface area contributed by atoms with Crippen LogP contribution in [0.4, 0.5) is 4.39 Å². The molecule has 2 fully saturated rings. The standard InChI is InChI=1S/C20H27FN2O5/c1-26-14-19(24)22-7-9-28-18(12-22)13-23(11-17-6-3-8-27-17)20(25)15-4-2-5-16(21)10-15/h2,4-5,10,17-18H,3,6-9,11-14H2,1H3. The van der Waals surface area contributed by atoms with Crippen LogP contribution in [-0.2, 0) is 19.0 Å². The molecule has 7 nitrogen and oxygen atoms in total. The maximum atomic E-state index is 13.6. The van der Waals surface area contributed by atoms with Crippen LogP contribution in [0.1, 0.15) is 23.2 Å². The number of carbonyl (C=O) groups is 2. The Morgan fingerprint density at radius 2 is 2.04 bits per heavy atom. The first-order chi connectivity index (χ1) is 13.6. The molecule has 2 atom stereocenters. The Bertz CT molecular complexity index is 680. The second-order valence-electron chi connectivity index (χ2n) is 7.12. The van der Waals surface area contributed by atoms with Gasteiger partial charge in [0, 0.05) is 45.5 Å². The smallest absolute Gasteiger partial charge is 0.254 e. The average molecular weight is 394 g/mol. The van der Waals surface area contributed by atoms with Gasteiger partial charge in [0.2, 0.25) is 5.91 Å². The van der Waals surface area contributed by atoms with Crippen molar-refractivity contribution in [2.24, 2.45) is 0 Å². The number of rotatable bonds is 7. The summed E-state index contributed by atoms with van der Waals surface area (Å²) in [5.74, 6) is -0.815. The summed E-state index contributed by atoms with van der Waals surface area (Å²) >= 11 is 0. The van der Waals surface area contributed by atoms with Gasteiger partial charge in [0.15, 0.2) is 0 Å². The second kappa shape index (κ2) is 9.95. The van der Waals surface area contributed by atoms with Crippen LogP contribution in [0, 0.1) is 5.82 Å². The van der Waals surface area contributed by atoms with Crippen LogP contribution in [0.2, 0.25) is 0 Å². The maximum Gasteiger partial charge on any atom is 0.254 e. The highest BCUT2D eigenvalue weighted by atomic mass is 19.1. The van der Waals surface area contributed by atoms with E-state index in [0.717, 1.165) is 12.8 Å². The van der Waals surface area contributed by atoms with E-state index in [1.165, 1.54) is 25.3 Å². The molecule has 2 saturated heterocycles. The fourth-order valence-electron chi connectivity index (χ4n) is 3.60. The number of hydrogen-bond donors (Lipinski definition) is 0. The summed E-state index contributed by atoms with van der Waals surface area (Å²) in [7, 11) is 1.48. The summed E-state index contributed by atoms with van der Waals surface area (Å²) < 4.78 is 30.0. The fraction of sp³-hybridized carbons (Fsp3) is 0.600. The van der Waals surface area contributed by atoms with Gasteiger partial charge in [-0.1, -0.05) is 6.07 Å². The van der Waals surface area contributed by atoms with Crippen LogP contribution < -0.4 is 0 Å². The van der Waals surface area contributed by atoms with Gasteiger partial charge in [0.25, 0.3) is 5.91 Å². The van der Waals surface area contributed by atoms with Gasteiger partial charge in [-0.15, -0.1) is 0 Å². The molecule has 0 bridgehead atoms. The predicted octanol–water partition coefficient (Wildman–Crippen LogP) is 1.32. The number of benzene rings is 1. The van der Waals surface area contributed by atoms with Gasteiger partial charge in [-0.2, -0.15) is 0 Å². The van der Waals surface area contributed by atoms with E-state index in [9.17, 15) is 14.0 Å². The molecule has 1 aromatic rings. The largest absolute Gasteiger partial charge is 0.376 e. The molecule has 2 aliphatic rings. The van der Waals surface area contributed by atoms with E-state index >= 15 is 0 Å². The lowest BCUT2D eigenvalue weighted by Crippen LogP contribution is -2.52. The molecule has 154 valence electrons. The molecule has 1 aromatic carbocycles. The van der Waals surface area contributed by atoms with Crippen molar-refractivity contribution in [3.63, 3.8) is 0 Å². The van der Waals surface area contributed by atoms with Gasteiger partial charge in [-0.05, 0) is 31.0 Å². The molecule has 2 unspecified atom stereocenters. The Kier molecular flexibility index (Phi) is 7.36. The summed E-state index contributed by atoms with van der Waals surface area (Å²) in [6.45, 7) is 2.73.